The highest BCUT2D eigenvalue weighted by atomic mass is 16.5. The number of para-hydroxylation sites is 2. The number of hydrogen-bond acceptors (Lipinski definition) is 5. The normalized spacial score (nSPS) is 13.6. The Hall–Kier alpha value is -4.58. The number of nitrogens with one attached hydrogen (secondary N) is 1. The summed E-state index contributed by atoms with van der Waals surface area (Å²) >= 11 is 0. The van der Waals surface area contributed by atoms with E-state index in [1.165, 1.54) is 37.6 Å². The van der Waals surface area contributed by atoms with Gasteiger partial charge in [0.15, 0.2) is 0 Å². The number of H-pyrrole nitrogens is 1. The second-order valence-electron chi connectivity index (χ2n) is 6.55. The highest BCUT2D eigenvalue weighted by molar-refractivity contribution is 5.64. The maximum absolute atomic E-state index is 5.22. The van der Waals surface area contributed by atoms with Crippen molar-refractivity contribution in [3.63, 3.8) is 0 Å². The number of fused-ring (bicyclic) bond motifs is 3. The Morgan fingerprint density at radius 2 is 0.969 bits per heavy atom. The first-order chi connectivity index (χ1) is 15.9. The minimum atomic E-state index is 0.825. The zero-order valence-electron chi connectivity index (χ0n) is 17.2. The Bertz CT molecular complexity index is 1310. The second kappa shape index (κ2) is 11.0. The molecule has 0 bridgehead atoms. The van der Waals surface area contributed by atoms with Crippen molar-refractivity contribution in [2.75, 3.05) is 0 Å². The summed E-state index contributed by atoms with van der Waals surface area (Å²) in [6.45, 7) is 0. The molecule has 0 saturated heterocycles. The third-order valence-electron chi connectivity index (χ3n) is 4.44. The lowest BCUT2D eigenvalue weighted by atomic mass is 10.1. The average molecular weight is 423 g/mol. The van der Waals surface area contributed by atoms with E-state index < -0.39 is 0 Å². The summed E-state index contributed by atoms with van der Waals surface area (Å²) in [6.07, 6.45) is 19.7. The minimum absolute atomic E-state index is 0.825. The number of benzene rings is 2. The smallest absolute Gasteiger partial charge is 0.125 e. The Balaban J connectivity index is 1.84. The van der Waals surface area contributed by atoms with Crippen molar-refractivity contribution in [3.05, 3.63) is 143 Å². The van der Waals surface area contributed by atoms with Gasteiger partial charge in [0.05, 0.1) is 23.1 Å². The van der Waals surface area contributed by atoms with Gasteiger partial charge in [-0.05, 0) is 35.4 Å². The van der Waals surface area contributed by atoms with Gasteiger partial charge in [-0.15, -0.1) is 0 Å². The zero-order chi connectivity index (χ0) is 21.8. The number of hydrogen-bond donors (Lipinski definition) is 1. The third kappa shape index (κ3) is 5.73. The first-order valence-electron chi connectivity index (χ1n) is 9.93. The molecule has 4 rings (SSSR count). The lowest BCUT2D eigenvalue weighted by Crippen LogP contribution is -2.24. The lowest BCUT2D eigenvalue weighted by Gasteiger charge is -1.95. The molecule has 0 radical (unpaired) electrons. The molecule has 158 valence electrons. The van der Waals surface area contributed by atoms with E-state index in [-0.39, 0.29) is 0 Å². The van der Waals surface area contributed by atoms with Gasteiger partial charge in [-0.3, -0.25) is 9.98 Å². The summed E-state index contributed by atoms with van der Waals surface area (Å²) < 4.78 is 15.6. The molecule has 32 heavy (non-hydrogen) atoms. The second-order valence-corrected chi connectivity index (χ2v) is 6.55. The van der Waals surface area contributed by atoms with Gasteiger partial charge in [0.1, 0.15) is 37.6 Å². The van der Waals surface area contributed by atoms with E-state index in [0.717, 1.165) is 32.3 Å². The number of aromatic nitrogens is 1. The summed E-state index contributed by atoms with van der Waals surface area (Å²) in [7, 11) is 0. The summed E-state index contributed by atoms with van der Waals surface area (Å²) in [4.78, 5) is 12.2. The molecule has 2 heterocycles. The molecule has 0 unspecified atom stereocenters. The molecule has 6 heteroatoms. The van der Waals surface area contributed by atoms with Crippen LogP contribution < -0.4 is 21.2 Å². The highest BCUT2D eigenvalue weighted by Gasteiger charge is 1.99. The van der Waals surface area contributed by atoms with Crippen LogP contribution in [0.15, 0.2) is 121 Å². The van der Waals surface area contributed by atoms with Crippen molar-refractivity contribution in [2.24, 2.45) is 9.98 Å². The van der Waals surface area contributed by atoms with Crippen molar-refractivity contribution in [1.82, 2.24) is 4.98 Å². The number of rotatable bonds is 0. The fourth-order valence-electron chi connectivity index (χ4n) is 2.98. The lowest BCUT2D eigenvalue weighted by molar-refractivity contribution is 0.322. The molecule has 0 amide bonds. The van der Waals surface area contributed by atoms with Gasteiger partial charge in [0.2, 0.25) is 0 Å². The molecular weight excluding hydrogens is 402 g/mol. The molecule has 3 aromatic rings. The fourth-order valence-corrected chi connectivity index (χ4v) is 2.98. The minimum Gasteiger partial charge on any atom is -0.468 e. The van der Waals surface area contributed by atoms with Gasteiger partial charge >= 0.3 is 0 Å². The molecule has 0 spiro atoms. The van der Waals surface area contributed by atoms with Crippen LogP contribution in [0.5, 0.6) is 0 Å². The summed E-state index contributed by atoms with van der Waals surface area (Å²) in [5.41, 5.74) is 2.08. The van der Waals surface area contributed by atoms with Crippen molar-refractivity contribution >= 4 is 12.2 Å². The van der Waals surface area contributed by atoms with E-state index in [9.17, 15) is 0 Å². The van der Waals surface area contributed by atoms with Crippen molar-refractivity contribution in [3.8, 4) is 0 Å². The molecule has 1 aliphatic rings. The monoisotopic (exact) mass is 423 g/mol. The topological polar surface area (TPSA) is 68.2 Å². The summed E-state index contributed by atoms with van der Waals surface area (Å²) in [5.74, 6) is 0. The Kier molecular flexibility index (Phi) is 7.10. The zero-order valence-corrected chi connectivity index (χ0v) is 17.2. The number of ether oxygens (including phenoxy) is 3. The number of nitrogens with zero attached hydrogens (tertiary/aromatic N) is 2. The quantitative estimate of drug-likeness (QED) is 0.605. The van der Waals surface area contributed by atoms with Crippen molar-refractivity contribution < 1.29 is 14.2 Å². The van der Waals surface area contributed by atoms with E-state index in [1.807, 2.05) is 60.9 Å². The van der Waals surface area contributed by atoms with Gasteiger partial charge in [0.25, 0.3) is 0 Å². The molecule has 1 N–H and O–H groups in total. The van der Waals surface area contributed by atoms with E-state index in [0.29, 0.717) is 0 Å². The maximum Gasteiger partial charge on any atom is 0.125 e. The van der Waals surface area contributed by atoms with Crippen LogP contribution in [0.3, 0.4) is 0 Å². The Morgan fingerprint density at radius 1 is 0.531 bits per heavy atom. The Labute approximate surface area is 184 Å². The van der Waals surface area contributed by atoms with Crippen LogP contribution >= 0.6 is 0 Å². The number of aromatic amines is 1. The first-order valence-corrected chi connectivity index (χ1v) is 9.93. The van der Waals surface area contributed by atoms with Gasteiger partial charge in [-0.2, -0.15) is 0 Å². The van der Waals surface area contributed by atoms with Gasteiger partial charge in [0, 0.05) is 22.8 Å². The van der Waals surface area contributed by atoms with E-state index in [2.05, 4.69) is 27.1 Å². The maximum atomic E-state index is 5.22. The standard InChI is InChI=1S/C26H21N3O3/c1-3-7-25-21(5-1)17-23-19-27-20-24(23)18-22-6-2-4-8-26(22)29-10-12-31-14-16-32-15-13-30-11-9-28-25/h1-20,27H. The molecule has 1 aromatic heterocycles. The molecule has 0 fully saturated rings. The predicted molar refractivity (Wildman–Crippen MR) is 122 cm³/mol. The van der Waals surface area contributed by atoms with Gasteiger partial charge in [-0.1, -0.05) is 36.4 Å². The van der Waals surface area contributed by atoms with E-state index in [4.69, 9.17) is 14.2 Å². The van der Waals surface area contributed by atoms with Crippen LogP contribution in [0.25, 0.3) is 12.2 Å². The molecule has 2 aromatic carbocycles. The largest absolute Gasteiger partial charge is 0.468 e. The predicted octanol–water partition coefficient (Wildman–Crippen LogP) is 2.86. The van der Waals surface area contributed by atoms with Crippen molar-refractivity contribution in [2.45, 2.75) is 0 Å². The molecule has 1 aliphatic heterocycles. The molecule has 0 saturated carbocycles. The molecule has 0 aliphatic carbocycles. The third-order valence-corrected chi connectivity index (χ3v) is 4.44. The van der Waals surface area contributed by atoms with Crippen molar-refractivity contribution in [1.29, 1.82) is 0 Å². The fraction of sp³-hybridized carbons (Fsp3) is 0. The molecule has 6 nitrogen and oxygen atoms in total. The van der Waals surface area contributed by atoms with Gasteiger partial charge < -0.3 is 19.2 Å². The van der Waals surface area contributed by atoms with E-state index in [1.54, 1.807) is 12.4 Å². The van der Waals surface area contributed by atoms with Crippen LogP contribution in [0.1, 0.15) is 11.1 Å². The van der Waals surface area contributed by atoms with Crippen LogP contribution in [-0.4, -0.2) is 4.98 Å². The molecule has 0 atom stereocenters. The van der Waals surface area contributed by atoms with Crippen LogP contribution in [0.2, 0.25) is 0 Å². The average Bonchev–Trinajstić information content (AvgIpc) is 3.25. The summed E-state index contributed by atoms with van der Waals surface area (Å²) in [6, 6.07) is 15.8. The Morgan fingerprint density at radius 3 is 1.47 bits per heavy atom. The van der Waals surface area contributed by atoms with Gasteiger partial charge in [-0.25, -0.2) is 0 Å². The molecular formula is C26H21N3O3. The van der Waals surface area contributed by atoms with Crippen LogP contribution in [0.4, 0.5) is 0 Å². The SMILES string of the molecule is C1=COC=COC=COC=CN=c2ccccc2=Cc2c[nH]cc2C=c2ccccc2=N1. The van der Waals surface area contributed by atoms with Crippen LogP contribution in [0, 0.1) is 0 Å². The summed E-state index contributed by atoms with van der Waals surface area (Å²) in [5, 5.41) is 3.62. The first kappa shape index (κ1) is 20.7. The van der Waals surface area contributed by atoms with Crippen LogP contribution in [-0.2, 0) is 14.2 Å². The highest BCUT2D eigenvalue weighted by Crippen LogP contribution is 2.09. The van der Waals surface area contributed by atoms with E-state index >= 15 is 0 Å².